The Hall–Kier alpha value is -2.96. The average Bonchev–Trinajstić information content (AvgIpc) is 3.11. The second-order valence-electron chi connectivity index (χ2n) is 9.76. The van der Waals surface area contributed by atoms with Crippen LogP contribution in [0.2, 0.25) is 5.02 Å². The number of rotatable bonds is 10. The first-order chi connectivity index (χ1) is 18.6. The Balaban J connectivity index is 1.60. The topological polar surface area (TPSA) is 129 Å². The molecule has 1 aliphatic rings. The molecule has 210 valence electrons. The molecule has 0 radical (unpaired) electrons. The fraction of sp³-hybridized carbons (Fsp3) is 0.407. The van der Waals surface area contributed by atoms with Gasteiger partial charge in [-0.15, -0.1) is 0 Å². The van der Waals surface area contributed by atoms with E-state index in [1.807, 2.05) is 6.07 Å². The van der Waals surface area contributed by atoms with Crippen molar-refractivity contribution >= 4 is 44.8 Å². The molecule has 39 heavy (non-hydrogen) atoms. The molecule has 1 unspecified atom stereocenters. The van der Waals surface area contributed by atoms with Crippen molar-refractivity contribution in [2.45, 2.75) is 49.6 Å². The molecule has 4 rings (SSSR count). The maximum absolute atomic E-state index is 12.8. The molecule has 0 fully saturated rings. The van der Waals surface area contributed by atoms with E-state index in [9.17, 15) is 13.5 Å². The van der Waals surface area contributed by atoms with Crippen molar-refractivity contribution < 1.29 is 18.3 Å². The maximum Gasteiger partial charge on any atom is 0.244 e. The van der Waals surface area contributed by atoms with Crippen molar-refractivity contribution in [3.63, 3.8) is 0 Å². The number of hydrogen-bond donors (Lipinski definition) is 4. The van der Waals surface area contributed by atoms with Gasteiger partial charge in [-0.2, -0.15) is 4.98 Å². The molecule has 1 heterocycles. The highest BCUT2D eigenvalue weighted by Crippen LogP contribution is 2.37. The van der Waals surface area contributed by atoms with Gasteiger partial charge in [0.05, 0.1) is 30.8 Å². The van der Waals surface area contributed by atoms with E-state index in [2.05, 4.69) is 32.0 Å². The summed E-state index contributed by atoms with van der Waals surface area (Å²) in [4.78, 5) is 8.96. The third-order valence-corrected chi connectivity index (χ3v) is 8.75. The maximum atomic E-state index is 12.8. The Kier molecular flexibility index (Phi) is 9.29. The van der Waals surface area contributed by atoms with E-state index in [1.54, 1.807) is 32.2 Å². The molecule has 10 nitrogen and oxygen atoms in total. The summed E-state index contributed by atoms with van der Waals surface area (Å²) < 4.78 is 32.6. The summed E-state index contributed by atoms with van der Waals surface area (Å²) in [7, 11) is 0.905. The molecule has 4 N–H and O–H groups in total. The summed E-state index contributed by atoms with van der Waals surface area (Å²) in [5.41, 5.74) is 3.41. The fourth-order valence-corrected chi connectivity index (χ4v) is 5.80. The second kappa shape index (κ2) is 12.5. The van der Waals surface area contributed by atoms with Crippen molar-refractivity contribution in [1.29, 1.82) is 0 Å². The molecule has 0 amide bonds. The van der Waals surface area contributed by atoms with Gasteiger partial charge in [0, 0.05) is 26.7 Å². The van der Waals surface area contributed by atoms with Crippen molar-refractivity contribution in [3.8, 4) is 5.75 Å². The number of anilines is 4. The zero-order valence-electron chi connectivity index (χ0n) is 22.5. The quantitative estimate of drug-likeness (QED) is 0.265. The zero-order chi connectivity index (χ0) is 28.2. The van der Waals surface area contributed by atoms with E-state index in [0.29, 0.717) is 12.2 Å². The molecule has 0 aliphatic heterocycles. The highest BCUT2D eigenvalue weighted by Gasteiger charge is 2.23. The van der Waals surface area contributed by atoms with Gasteiger partial charge in [-0.1, -0.05) is 29.8 Å². The number of benzene rings is 2. The van der Waals surface area contributed by atoms with E-state index in [4.69, 9.17) is 16.3 Å². The number of nitrogens with one attached hydrogen (secondary N) is 3. The first-order valence-electron chi connectivity index (χ1n) is 12.8. The Labute approximate surface area is 234 Å². The first-order valence-corrected chi connectivity index (χ1v) is 14.6. The van der Waals surface area contributed by atoms with Gasteiger partial charge in [0.15, 0.2) is 5.82 Å². The van der Waals surface area contributed by atoms with Crippen molar-refractivity contribution in [2.75, 3.05) is 38.4 Å². The Morgan fingerprint density at radius 1 is 1.18 bits per heavy atom. The molecule has 1 aliphatic carbocycles. The highest BCUT2D eigenvalue weighted by atomic mass is 35.5. The predicted molar refractivity (Wildman–Crippen MR) is 154 cm³/mol. The van der Waals surface area contributed by atoms with Crippen LogP contribution in [-0.4, -0.2) is 67.7 Å². The van der Waals surface area contributed by atoms with Gasteiger partial charge < -0.3 is 25.8 Å². The van der Waals surface area contributed by atoms with Gasteiger partial charge in [0.25, 0.3) is 0 Å². The van der Waals surface area contributed by atoms with Gasteiger partial charge in [-0.25, -0.2) is 17.7 Å². The number of hydrogen-bond acceptors (Lipinski definition) is 9. The van der Waals surface area contributed by atoms with Crippen LogP contribution < -0.4 is 20.7 Å². The highest BCUT2D eigenvalue weighted by molar-refractivity contribution is 7.89. The smallest absolute Gasteiger partial charge is 0.244 e. The van der Waals surface area contributed by atoms with Crippen molar-refractivity contribution in [3.05, 3.63) is 58.7 Å². The molecule has 2 aromatic carbocycles. The molecule has 12 heteroatoms. The molecule has 0 saturated carbocycles. The fourth-order valence-electron chi connectivity index (χ4n) is 4.62. The monoisotopic (exact) mass is 574 g/mol. The summed E-state index contributed by atoms with van der Waals surface area (Å²) in [6.07, 6.45) is 4.78. The summed E-state index contributed by atoms with van der Waals surface area (Å²) in [5.74, 6) is 1.27. The number of halogens is 1. The van der Waals surface area contributed by atoms with Crippen LogP contribution in [0, 0.1) is 0 Å². The van der Waals surface area contributed by atoms with E-state index in [-0.39, 0.29) is 27.7 Å². The van der Waals surface area contributed by atoms with Crippen LogP contribution in [0.3, 0.4) is 0 Å². The van der Waals surface area contributed by atoms with Crippen LogP contribution in [0.25, 0.3) is 0 Å². The van der Waals surface area contributed by atoms with Gasteiger partial charge in [0.1, 0.15) is 15.7 Å². The lowest BCUT2D eigenvalue weighted by atomic mass is 9.99. The Bertz CT molecular complexity index is 1420. The minimum atomic E-state index is -3.70. The van der Waals surface area contributed by atoms with Crippen LogP contribution in [-0.2, 0) is 22.9 Å². The summed E-state index contributed by atoms with van der Waals surface area (Å²) >= 11 is 6.39. The number of para-hydroxylation sites is 1. The number of aromatic nitrogens is 2. The third-order valence-electron chi connectivity index (χ3n) is 6.60. The molecule has 2 atom stereocenters. The van der Waals surface area contributed by atoms with Crippen molar-refractivity contribution in [1.82, 2.24) is 19.6 Å². The molecule has 3 aromatic rings. The third kappa shape index (κ3) is 6.79. The van der Waals surface area contributed by atoms with Crippen LogP contribution in [0.1, 0.15) is 30.9 Å². The van der Waals surface area contributed by atoms with E-state index in [0.717, 1.165) is 47.0 Å². The SMILES string of the molecule is COc1c(Nc2ncc(Cl)c(Nc3ccccc3S(=O)(=O)N(C)C)n2)ccc2c1CCCC(NC[C@@H](C)O)C2. The van der Waals surface area contributed by atoms with Crippen molar-refractivity contribution in [2.24, 2.45) is 0 Å². The largest absolute Gasteiger partial charge is 0.494 e. The lowest BCUT2D eigenvalue weighted by Crippen LogP contribution is -2.35. The molecular formula is C27H35ClN6O4S. The normalized spacial score (nSPS) is 16.3. The van der Waals surface area contributed by atoms with Crippen LogP contribution in [0.15, 0.2) is 47.5 Å². The number of nitrogens with zero attached hydrogens (tertiary/aromatic N) is 3. The molecule has 0 bridgehead atoms. The number of ether oxygens (including phenoxy) is 1. The predicted octanol–water partition coefficient (Wildman–Crippen LogP) is 4.09. The second-order valence-corrected chi connectivity index (χ2v) is 12.3. The van der Waals surface area contributed by atoms with Gasteiger partial charge in [-0.3, -0.25) is 0 Å². The van der Waals surface area contributed by atoms with E-state index in [1.165, 1.54) is 31.9 Å². The summed E-state index contributed by atoms with van der Waals surface area (Å²) in [6.45, 7) is 2.34. The Morgan fingerprint density at radius 3 is 2.67 bits per heavy atom. The number of aliphatic hydroxyl groups excluding tert-OH is 1. The number of sulfonamides is 1. The number of methoxy groups -OCH3 is 1. The average molecular weight is 575 g/mol. The summed E-state index contributed by atoms with van der Waals surface area (Å²) in [6, 6.07) is 10.9. The van der Waals surface area contributed by atoms with Gasteiger partial charge in [-0.05, 0) is 61.9 Å². The van der Waals surface area contributed by atoms with Crippen LogP contribution in [0.5, 0.6) is 5.75 Å². The molecular weight excluding hydrogens is 540 g/mol. The minimum Gasteiger partial charge on any atom is -0.494 e. The van der Waals surface area contributed by atoms with E-state index < -0.39 is 16.1 Å². The van der Waals surface area contributed by atoms with Gasteiger partial charge in [0.2, 0.25) is 16.0 Å². The Morgan fingerprint density at radius 2 is 1.95 bits per heavy atom. The molecule has 1 aromatic heterocycles. The minimum absolute atomic E-state index is 0.104. The van der Waals surface area contributed by atoms with E-state index >= 15 is 0 Å². The zero-order valence-corrected chi connectivity index (χ0v) is 24.1. The van der Waals surface area contributed by atoms with Gasteiger partial charge >= 0.3 is 0 Å². The molecule has 0 saturated heterocycles. The lowest BCUT2D eigenvalue weighted by molar-refractivity contribution is 0.185. The number of aliphatic hydroxyl groups is 1. The molecule has 0 spiro atoms. The standard InChI is InChI=1S/C27H35ClN6O4S/c1-17(35)15-29-19-8-7-9-20-18(14-19)12-13-23(25(20)38-4)32-27-30-16-21(28)26(33-27)31-22-10-5-6-11-24(22)39(36,37)34(2)3/h5-6,10-13,16-17,19,29,35H,7-9,14-15H2,1-4H3,(H2,30,31,32,33)/t17-,19?/m1/s1. The number of fused-ring (bicyclic) bond motifs is 1. The van der Waals surface area contributed by atoms with Crippen LogP contribution >= 0.6 is 11.6 Å². The summed E-state index contributed by atoms with van der Waals surface area (Å²) in [5, 5.41) is 19.6. The lowest BCUT2D eigenvalue weighted by Gasteiger charge is -2.20. The first kappa shape index (κ1) is 29.0. The van der Waals surface area contributed by atoms with Crippen LogP contribution in [0.4, 0.5) is 23.1 Å².